The molecule has 1 aliphatic carbocycles. The highest BCUT2D eigenvalue weighted by atomic mass is 35.5. The van der Waals surface area contributed by atoms with Gasteiger partial charge in [-0.2, -0.15) is 0 Å². The second-order valence-electron chi connectivity index (χ2n) is 8.52. The van der Waals surface area contributed by atoms with E-state index in [0.29, 0.717) is 25.3 Å². The molecule has 0 aromatic rings. The largest absolute Gasteiger partial charge is 0.353 e. The van der Waals surface area contributed by atoms with Crippen LogP contribution in [-0.2, 0) is 9.59 Å². The van der Waals surface area contributed by atoms with Gasteiger partial charge in [0.05, 0.1) is 0 Å². The Hall–Kier alpha value is -1.34. The quantitative estimate of drug-likeness (QED) is 0.603. The molecule has 0 bridgehead atoms. The molecule has 26 heavy (non-hydrogen) atoms. The molecule has 0 aromatic heterocycles. The average molecular weight is 389 g/mol. The van der Waals surface area contributed by atoms with Gasteiger partial charge in [0.1, 0.15) is 12.1 Å². The van der Waals surface area contributed by atoms with Gasteiger partial charge >= 0.3 is 6.03 Å². The van der Waals surface area contributed by atoms with Gasteiger partial charge in [-0.25, -0.2) is 4.79 Å². The molecule has 1 heterocycles. The van der Waals surface area contributed by atoms with E-state index in [-0.39, 0.29) is 42.2 Å². The van der Waals surface area contributed by atoms with E-state index < -0.39 is 11.6 Å². The fourth-order valence-electron chi connectivity index (χ4n) is 4.54. The van der Waals surface area contributed by atoms with E-state index in [4.69, 9.17) is 0 Å². The van der Waals surface area contributed by atoms with Crippen LogP contribution in [0.3, 0.4) is 0 Å². The minimum atomic E-state index is -0.852. The number of urea groups is 1. The first-order chi connectivity index (χ1) is 11.6. The van der Waals surface area contributed by atoms with Crippen LogP contribution in [0.5, 0.6) is 0 Å². The molecule has 7 nitrogen and oxygen atoms in total. The van der Waals surface area contributed by atoms with E-state index in [0.717, 1.165) is 17.9 Å². The number of nitrogens with one attached hydrogen (secondary N) is 3. The van der Waals surface area contributed by atoms with E-state index in [9.17, 15) is 14.4 Å². The first-order valence-corrected chi connectivity index (χ1v) is 9.23. The zero-order valence-electron chi connectivity index (χ0n) is 16.5. The fourth-order valence-corrected chi connectivity index (χ4v) is 4.54. The molecule has 8 heteroatoms. The minimum Gasteiger partial charge on any atom is -0.353 e. The number of likely N-dealkylation sites (N-methyl/N-ethyl adjacent to an activating group) is 1. The first kappa shape index (κ1) is 22.7. The van der Waals surface area contributed by atoms with Crippen LogP contribution in [0.2, 0.25) is 0 Å². The van der Waals surface area contributed by atoms with Crippen LogP contribution in [0.25, 0.3) is 0 Å². The topological polar surface area (TPSA) is 90.5 Å². The molecule has 0 aromatic carbocycles. The van der Waals surface area contributed by atoms with Crippen molar-refractivity contribution in [1.82, 2.24) is 20.9 Å². The number of amides is 4. The highest BCUT2D eigenvalue weighted by Crippen LogP contribution is 2.46. The molecule has 3 atom stereocenters. The van der Waals surface area contributed by atoms with E-state index in [1.54, 1.807) is 0 Å². The van der Waals surface area contributed by atoms with Crippen LogP contribution in [0.4, 0.5) is 4.79 Å². The van der Waals surface area contributed by atoms with Crippen LogP contribution in [0.1, 0.15) is 53.9 Å². The third kappa shape index (κ3) is 5.10. The lowest BCUT2D eigenvalue weighted by molar-refractivity contribution is -0.137. The van der Waals surface area contributed by atoms with Crippen molar-refractivity contribution >= 4 is 30.3 Å². The summed E-state index contributed by atoms with van der Waals surface area (Å²) >= 11 is 0. The minimum absolute atomic E-state index is 0. The summed E-state index contributed by atoms with van der Waals surface area (Å²) in [6, 6.07) is -0.312. The Morgan fingerprint density at radius 1 is 1.35 bits per heavy atom. The standard InChI is InChI=1S/C18H32N4O3.ClH/c1-6-19-13(3)9-20-14(23)10-22-15(24)18(21-16(22)25)8-12(2)7-17(4,5)11-18;/h12-13,19H,6-11H2,1-5H3,(H,20,23)(H,21,25);1H/t12?,13-,18?;/m1./s1. The summed E-state index contributed by atoms with van der Waals surface area (Å²) < 4.78 is 0. The van der Waals surface area contributed by atoms with E-state index in [1.807, 2.05) is 13.8 Å². The van der Waals surface area contributed by atoms with Gasteiger partial charge in [-0.15, -0.1) is 12.4 Å². The maximum Gasteiger partial charge on any atom is 0.325 e. The predicted octanol–water partition coefficient (Wildman–Crippen LogP) is 1.66. The van der Waals surface area contributed by atoms with Crippen molar-refractivity contribution in [3.8, 4) is 0 Å². The maximum absolute atomic E-state index is 13.0. The number of carbonyl (C=O) groups excluding carboxylic acids is 3. The number of halogens is 1. The molecule has 2 aliphatic rings. The lowest BCUT2D eigenvalue weighted by Gasteiger charge is -2.43. The van der Waals surface area contributed by atoms with Crippen LogP contribution in [0, 0.1) is 11.3 Å². The Kier molecular flexibility index (Phi) is 7.48. The van der Waals surface area contributed by atoms with Crippen molar-refractivity contribution in [3.05, 3.63) is 0 Å². The second-order valence-corrected chi connectivity index (χ2v) is 8.52. The Morgan fingerprint density at radius 2 is 2.00 bits per heavy atom. The molecule has 2 unspecified atom stereocenters. The second kappa shape index (κ2) is 8.57. The zero-order chi connectivity index (χ0) is 18.8. The monoisotopic (exact) mass is 388 g/mol. The smallest absolute Gasteiger partial charge is 0.325 e. The van der Waals surface area contributed by atoms with Crippen molar-refractivity contribution in [2.75, 3.05) is 19.6 Å². The maximum atomic E-state index is 13.0. The fraction of sp³-hybridized carbons (Fsp3) is 0.833. The Labute approximate surface area is 162 Å². The summed E-state index contributed by atoms with van der Waals surface area (Å²) in [5.74, 6) is -0.219. The molecule has 2 rings (SSSR count). The van der Waals surface area contributed by atoms with Crippen molar-refractivity contribution in [3.63, 3.8) is 0 Å². The highest BCUT2D eigenvalue weighted by Gasteiger charge is 2.56. The van der Waals surface area contributed by atoms with Crippen molar-refractivity contribution in [2.45, 2.75) is 65.5 Å². The van der Waals surface area contributed by atoms with Crippen LogP contribution in [0.15, 0.2) is 0 Å². The Balaban J connectivity index is 0.00000338. The molecule has 4 amide bonds. The third-order valence-electron chi connectivity index (χ3n) is 5.08. The normalized spacial score (nSPS) is 28.5. The lowest BCUT2D eigenvalue weighted by Crippen LogP contribution is -2.54. The molecule has 0 radical (unpaired) electrons. The van der Waals surface area contributed by atoms with Crippen molar-refractivity contribution in [2.24, 2.45) is 11.3 Å². The van der Waals surface area contributed by atoms with E-state index in [1.165, 1.54) is 0 Å². The molecule has 150 valence electrons. The van der Waals surface area contributed by atoms with Crippen LogP contribution < -0.4 is 16.0 Å². The summed E-state index contributed by atoms with van der Waals surface area (Å²) in [4.78, 5) is 38.5. The number of hydrogen-bond donors (Lipinski definition) is 3. The summed E-state index contributed by atoms with van der Waals surface area (Å²) in [6.45, 7) is 11.4. The number of rotatable bonds is 6. The van der Waals surface area contributed by atoms with Crippen LogP contribution >= 0.6 is 12.4 Å². The summed E-state index contributed by atoms with van der Waals surface area (Å²) in [6.07, 6.45) is 2.28. The average Bonchev–Trinajstić information content (AvgIpc) is 2.67. The van der Waals surface area contributed by atoms with Gasteiger partial charge in [0.2, 0.25) is 5.91 Å². The van der Waals surface area contributed by atoms with Gasteiger partial charge < -0.3 is 16.0 Å². The number of hydrogen-bond acceptors (Lipinski definition) is 4. The van der Waals surface area contributed by atoms with Gasteiger partial charge in [-0.1, -0.05) is 27.7 Å². The number of imide groups is 1. The SMILES string of the molecule is CCN[C@H](C)CNC(=O)CN1C(=O)NC2(CC(C)CC(C)(C)C2)C1=O.Cl. The van der Waals surface area contributed by atoms with Gasteiger partial charge in [-0.05, 0) is 44.1 Å². The summed E-state index contributed by atoms with van der Waals surface area (Å²) in [5.41, 5.74) is -0.865. The van der Waals surface area contributed by atoms with Gasteiger partial charge in [0.15, 0.2) is 0 Å². The summed E-state index contributed by atoms with van der Waals surface area (Å²) in [7, 11) is 0. The third-order valence-corrected chi connectivity index (χ3v) is 5.08. The zero-order valence-corrected chi connectivity index (χ0v) is 17.3. The van der Waals surface area contributed by atoms with Gasteiger partial charge in [0.25, 0.3) is 5.91 Å². The Bertz CT molecular complexity index is 555. The predicted molar refractivity (Wildman–Crippen MR) is 103 cm³/mol. The number of nitrogens with zero attached hydrogens (tertiary/aromatic N) is 1. The summed E-state index contributed by atoms with van der Waals surface area (Å²) in [5, 5.41) is 8.86. The van der Waals surface area contributed by atoms with Crippen molar-refractivity contribution < 1.29 is 14.4 Å². The van der Waals surface area contributed by atoms with E-state index in [2.05, 4.69) is 36.7 Å². The first-order valence-electron chi connectivity index (χ1n) is 9.23. The molecule has 1 spiro atoms. The lowest BCUT2D eigenvalue weighted by atomic mass is 9.64. The van der Waals surface area contributed by atoms with Gasteiger partial charge in [-0.3, -0.25) is 14.5 Å². The molecular formula is C18H33ClN4O3. The molecule has 2 fully saturated rings. The number of carbonyl (C=O) groups is 3. The molecule has 1 saturated heterocycles. The Morgan fingerprint density at radius 3 is 2.58 bits per heavy atom. The molecular weight excluding hydrogens is 356 g/mol. The van der Waals surface area contributed by atoms with Gasteiger partial charge in [0, 0.05) is 12.6 Å². The molecule has 3 N–H and O–H groups in total. The molecule has 1 saturated carbocycles. The molecule has 1 aliphatic heterocycles. The van der Waals surface area contributed by atoms with Crippen LogP contribution in [-0.4, -0.2) is 54.0 Å². The van der Waals surface area contributed by atoms with Crippen molar-refractivity contribution in [1.29, 1.82) is 0 Å². The van der Waals surface area contributed by atoms with E-state index >= 15 is 0 Å². The highest BCUT2D eigenvalue weighted by molar-refractivity contribution is 6.09.